The fraction of sp³-hybridized carbons (Fsp3) is 0.250. The molecular weight excluding hydrogens is 193 g/mol. The number of nitrogens with zero attached hydrogens (tertiary/aromatic N) is 2. The Morgan fingerprint density at radius 3 is 3.08 bits per heavy atom. The Bertz CT molecular complexity index is 327. The lowest BCUT2D eigenvalue weighted by Gasteiger charge is -2.05. The van der Waals surface area contributed by atoms with Crippen LogP contribution in [0.4, 0.5) is 10.2 Å². The van der Waals surface area contributed by atoms with Crippen LogP contribution in [-0.2, 0) is 0 Å². The maximum Gasteiger partial charge on any atom is 0.224 e. The number of halogens is 2. The van der Waals surface area contributed by atoms with E-state index in [1.165, 1.54) is 0 Å². The molecule has 1 rings (SSSR count). The Morgan fingerprint density at radius 2 is 2.46 bits per heavy atom. The van der Waals surface area contributed by atoms with Crippen molar-refractivity contribution in [3.63, 3.8) is 0 Å². The summed E-state index contributed by atoms with van der Waals surface area (Å²) in [6.45, 7) is 5.95. The highest BCUT2D eigenvalue weighted by Gasteiger charge is 2.04. The third-order valence-corrected chi connectivity index (χ3v) is 1.45. The van der Waals surface area contributed by atoms with E-state index in [2.05, 4.69) is 21.9 Å². The smallest absolute Gasteiger partial charge is 0.224 e. The molecule has 0 aliphatic heterocycles. The van der Waals surface area contributed by atoms with E-state index in [0.717, 1.165) is 11.8 Å². The first-order valence-electron chi connectivity index (χ1n) is 3.66. The summed E-state index contributed by atoms with van der Waals surface area (Å²) in [5.74, 6) is -0.423. The van der Waals surface area contributed by atoms with Crippen molar-refractivity contribution in [2.24, 2.45) is 0 Å². The van der Waals surface area contributed by atoms with Crippen molar-refractivity contribution >= 4 is 17.4 Å². The van der Waals surface area contributed by atoms with E-state index in [-0.39, 0.29) is 11.1 Å². The average molecular weight is 202 g/mol. The lowest BCUT2D eigenvalue weighted by molar-refractivity contribution is 0.617. The molecule has 1 N–H and O–H groups in total. The average Bonchev–Trinajstić information content (AvgIpc) is 2.06. The van der Waals surface area contributed by atoms with Crippen molar-refractivity contribution in [2.45, 2.75) is 6.92 Å². The van der Waals surface area contributed by atoms with Gasteiger partial charge in [0.2, 0.25) is 5.28 Å². The Hall–Kier alpha value is -1.16. The van der Waals surface area contributed by atoms with Gasteiger partial charge in [-0.1, -0.05) is 12.2 Å². The van der Waals surface area contributed by atoms with Gasteiger partial charge in [0.15, 0.2) is 11.6 Å². The quantitative estimate of drug-likeness (QED) is 0.602. The largest absolute Gasteiger partial charge is 0.364 e. The van der Waals surface area contributed by atoms with Crippen LogP contribution in [0.1, 0.15) is 6.92 Å². The highest BCUT2D eigenvalue weighted by molar-refractivity contribution is 6.28. The molecule has 1 aromatic rings. The summed E-state index contributed by atoms with van der Waals surface area (Å²) < 4.78 is 12.9. The summed E-state index contributed by atoms with van der Waals surface area (Å²) in [4.78, 5) is 7.16. The highest BCUT2D eigenvalue weighted by Crippen LogP contribution is 2.11. The van der Waals surface area contributed by atoms with Crippen LogP contribution >= 0.6 is 11.6 Å². The molecule has 0 unspecified atom stereocenters. The van der Waals surface area contributed by atoms with Crippen LogP contribution in [0.5, 0.6) is 0 Å². The molecule has 0 fully saturated rings. The van der Waals surface area contributed by atoms with E-state index in [9.17, 15) is 4.39 Å². The first kappa shape index (κ1) is 9.92. The van der Waals surface area contributed by atoms with Gasteiger partial charge in [0.05, 0.1) is 6.20 Å². The molecule has 0 aromatic carbocycles. The molecule has 1 aromatic heterocycles. The normalized spacial score (nSPS) is 9.77. The summed E-state index contributed by atoms with van der Waals surface area (Å²) >= 11 is 5.48. The Morgan fingerprint density at radius 1 is 1.77 bits per heavy atom. The number of anilines is 1. The van der Waals surface area contributed by atoms with Gasteiger partial charge in [0.25, 0.3) is 0 Å². The molecule has 0 bridgehead atoms. The second-order valence-electron chi connectivity index (χ2n) is 2.65. The van der Waals surface area contributed by atoms with Crippen molar-refractivity contribution in [1.82, 2.24) is 9.97 Å². The Kier molecular flexibility index (Phi) is 3.19. The molecule has 5 heteroatoms. The van der Waals surface area contributed by atoms with E-state index in [1.807, 2.05) is 6.92 Å². The fourth-order valence-electron chi connectivity index (χ4n) is 0.704. The molecule has 1 heterocycles. The van der Waals surface area contributed by atoms with E-state index in [4.69, 9.17) is 11.6 Å². The first-order valence-corrected chi connectivity index (χ1v) is 4.03. The van der Waals surface area contributed by atoms with Crippen LogP contribution in [-0.4, -0.2) is 16.5 Å². The maximum atomic E-state index is 12.9. The third kappa shape index (κ3) is 2.99. The highest BCUT2D eigenvalue weighted by atomic mass is 35.5. The van der Waals surface area contributed by atoms with Gasteiger partial charge < -0.3 is 5.32 Å². The summed E-state index contributed by atoms with van der Waals surface area (Å²) in [5, 5.41) is 2.76. The number of hydrogen-bond donors (Lipinski definition) is 1. The zero-order valence-corrected chi connectivity index (χ0v) is 7.90. The summed E-state index contributed by atoms with van der Waals surface area (Å²) in [6.07, 6.45) is 1.02. The number of rotatable bonds is 3. The molecule has 70 valence electrons. The van der Waals surface area contributed by atoms with Crippen LogP contribution in [0, 0.1) is 5.82 Å². The van der Waals surface area contributed by atoms with Gasteiger partial charge in [-0.3, -0.25) is 0 Å². The molecular formula is C8H9ClFN3. The summed E-state index contributed by atoms with van der Waals surface area (Å²) in [5.41, 5.74) is 0.883. The van der Waals surface area contributed by atoms with Crippen molar-refractivity contribution < 1.29 is 4.39 Å². The first-order chi connectivity index (χ1) is 6.09. The van der Waals surface area contributed by atoms with Gasteiger partial charge in [0, 0.05) is 6.54 Å². The van der Waals surface area contributed by atoms with Gasteiger partial charge in [-0.2, -0.15) is 4.98 Å². The van der Waals surface area contributed by atoms with Crippen molar-refractivity contribution in [2.75, 3.05) is 11.9 Å². The molecule has 0 aliphatic rings. The van der Waals surface area contributed by atoms with Crippen LogP contribution in [0.25, 0.3) is 0 Å². The van der Waals surface area contributed by atoms with E-state index >= 15 is 0 Å². The maximum absolute atomic E-state index is 12.9. The summed E-state index contributed by atoms with van der Waals surface area (Å²) in [6, 6.07) is 0. The SMILES string of the molecule is C=C(C)CNc1nc(Cl)ncc1F. The second kappa shape index (κ2) is 4.18. The predicted octanol–water partition coefficient (Wildman–Crippen LogP) is 2.26. The summed E-state index contributed by atoms with van der Waals surface area (Å²) in [7, 11) is 0. The molecule has 13 heavy (non-hydrogen) atoms. The Labute approximate surface area is 80.7 Å². The lowest BCUT2D eigenvalue weighted by atomic mass is 10.3. The van der Waals surface area contributed by atoms with Crippen molar-refractivity contribution in [3.05, 3.63) is 29.4 Å². The van der Waals surface area contributed by atoms with Crippen molar-refractivity contribution in [3.8, 4) is 0 Å². The van der Waals surface area contributed by atoms with Crippen LogP contribution in [0.15, 0.2) is 18.3 Å². The van der Waals surface area contributed by atoms with E-state index in [1.54, 1.807) is 0 Å². The van der Waals surface area contributed by atoms with E-state index < -0.39 is 5.82 Å². The molecule has 0 spiro atoms. The zero-order valence-electron chi connectivity index (χ0n) is 7.14. The van der Waals surface area contributed by atoms with Gasteiger partial charge in [-0.05, 0) is 18.5 Å². The molecule has 3 nitrogen and oxygen atoms in total. The molecule has 0 radical (unpaired) electrons. The minimum Gasteiger partial charge on any atom is -0.364 e. The van der Waals surface area contributed by atoms with Gasteiger partial charge in [-0.15, -0.1) is 0 Å². The van der Waals surface area contributed by atoms with Gasteiger partial charge in [-0.25, -0.2) is 9.37 Å². The molecule has 0 atom stereocenters. The molecule has 0 amide bonds. The molecule has 0 saturated heterocycles. The van der Waals surface area contributed by atoms with E-state index in [0.29, 0.717) is 6.54 Å². The molecule has 0 saturated carbocycles. The van der Waals surface area contributed by atoms with Crippen LogP contribution in [0.3, 0.4) is 0 Å². The van der Waals surface area contributed by atoms with Gasteiger partial charge in [0.1, 0.15) is 0 Å². The predicted molar refractivity (Wildman–Crippen MR) is 50.3 cm³/mol. The second-order valence-corrected chi connectivity index (χ2v) is 2.98. The van der Waals surface area contributed by atoms with Gasteiger partial charge >= 0.3 is 0 Å². The third-order valence-electron chi connectivity index (χ3n) is 1.27. The standard InChI is InChI=1S/C8H9ClFN3/c1-5(2)3-11-7-6(10)4-12-8(9)13-7/h4H,1,3H2,2H3,(H,11,12,13). The minimum atomic E-state index is -0.523. The monoisotopic (exact) mass is 201 g/mol. The molecule has 0 aliphatic carbocycles. The fourth-order valence-corrected chi connectivity index (χ4v) is 0.837. The topological polar surface area (TPSA) is 37.8 Å². The lowest BCUT2D eigenvalue weighted by Crippen LogP contribution is -2.06. The number of hydrogen-bond acceptors (Lipinski definition) is 3. The van der Waals surface area contributed by atoms with Crippen molar-refractivity contribution in [1.29, 1.82) is 0 Å². The minimum absolute atomic E-state index is 0.0191. The van der Waals surface area contributed by atoms with Crippen LogP contribution in [0.2, 0.25) is 5.28 Å². The number of nitrogens with one attached hydrogen (secondary N) is 1. The van der Waals surface area contributed by atoms with Crippen LogP contribution < -0.4 is 5.32 Å². The Balaban J connectivity index is 2.75. The zero-order chi connectivity index (χ0) is 9.84. The number of aromatic nitrogens is 2.